The van der Waals surface area contributed by atoms with Crippen LogP contribution in [0.3, 0.4) is 0 Å². The number of benzene rings is 2. The Labute approximate surface area is 208 Å². The van der Waals surface area contributed by atoms with Gasteiger partial charge in [-0.1, -0.05) is 6.07 Å². The second-order valence-electron chi connectivity index (χ2n) is 9.51. The van der Waals surface area contributed by atoms with Crippen molar-refractivity contribution in [2.45, 2.75) is 38.3 Å². The number of H-pyrrole nitrogens is 1. The van der Waals surface area contributed by atoms with Gasteiger partial charge in [0.25, 0.3) is 5.91 Å². The van der Waals surface area contributed by atoms with E-state index in [-0.39, 0.29) is 17.9 Å². The van der Waals surface area contributed by atoms with Gasteiger partial charge in [0.15, 0.2) is 0 Å². The molecule has 1 saturated heterocycles. The lowest BCUT2D eigenvalue weighted by Gasteiger charge is -2.28. The molecule has 1 amide bonds. The first-order chi connectivity index (χ1) is 17.5. The zero-order valence-corrected chi connectivity index (χ0v) is 20.4. The molecule has 1 saturated carbocycles. The first-order valence-corrected chi connectivity index (χ1v) is 12.5. The number of methoxy groups -OCH3 is 1. The van der Waals surface area contributed by atoms with Gasteiger partial charge in [0.1, 0.15) is 5.82 Å². The molecule has 3 aromatic rings. The van der Waals surface area contributed by atoms with Crippen LogP contribution in [0.2, 0.25) is 0 Å². The number of ether oxygens (including phenoxy) is 2. The number of rotatable bonds is 5. The summed E-state index contributed by atoms with van der Waals surface area (Å²) in [7, 11) is 1.43. The van der Waals surface area contributed by atoms with Crippen molar-refractivity contribution in [3.05, 3.63) is 65.0 Å². The number of hydrogen-bond acceptors (Lipinski definition) is 5. The molecule has 8 nitrogen and oxygen atoms in total. The van der Waals surface area contributed by atoms with Gasteiger partial charge >= 0.3 is 5.97 Å². The van der Waals surface area contributed by atoms with Crippen LogP contribution in [0, 0.1) is 11.7 Å². The fourth-order valence-corrected chi connectivity index (χ4v) is 5.23. The third kappa shape index (κ3) is 5.27. The Hall–Kier alpha value is -3.30. The van der Waals surface area contributed by atoms with Gasteiger partial charge in [-0.15, -0.1) is 0 Å². The van der Waals surface area contributed by atoms with Crippen LogP contribution in [0.25, 0.3) is 11.0 Å². The number of halogens is 1. The minimum atomic E-state index is -0.438. The van der Waals surface area contributed by atoms with Crippen molar-refractivity contribution >= 4 is 22.9 Å². The first kappa shape index (κ1) is 24.4. The predicted octanol–water partition coefficient (Wildman–Crippen LogP) is 3.59. The lowest BCUT2D eigenvalue weighted by atomic mass is 9.86. The number of nitrogens with zero attached hydrogens (tertiary/aromatic N) is 3. The summed E-state index contributed by atoms with van der Waals surface area (Å²) in [5.41, 5.74) is 3.83. The quantitative estimate of drug-likeness (QED) is 0.548. The molecule has 2 aromatic carbocycles. The zero-order valence-electron chi connectivity index (χ0n) is 20.4. The molecular weight excluding hydrogens is 463 g/mol. The fraction of sp³-hybridized carbons (Fsp3) is 0.444. The number of morpholine rings is 1. The summed E-state index contributed by atoms with van der Waals surface area (Å²) in [5.74, 6) is -1.11. The number of amides is 1. The summed E-state index contributed by atoms with van der Waals surface area (Å²) < 4.78 is 25.9. The maximum absolute atomic E-state index is 13.3. The predicted molar refractivity (Wildman–Crippen MR) is 132 cm³/mol. The van der Waals surface area contributed by atoms with Gasteiger partial charge in [0.05, 0.1) is 37.3 Å². The molecule has 190 valence electrons. The highest BCUT2D eigenvalue weighted by Crippen LogP contribution is 2.34. The van der Waals surface area contributed by atoms with Crippen LogP contribution in [0.1, 0.15) is 47.6 Å². The van der Waals surface area contributed by atoms with Gasteiger partial charge in [-0.3, -0.25) is 14.5 Å². The molecule has 0 spiro atoms. The van der Waals surface area contributed by atoms with E-state index in [2.05, 4.69) is 31.6 Å². The van der Waals surface area contributed by atoms with E-state index in [1.165, 1.54) is 36.9 Å². The smallest absolute Gasteiger partial charge is 0.308 e. The molecule has 2 aliphatic rings. The van der Waals surface area contributed by atoms with Crippen molar-refractivity contribution in [2.24, 2.45) is 10.9 Å². The number of hydrogen-bond donors (Lipinski definition) is 1. The van der Waals surface area contributed by atoms with Gasteiger partial charge in [-0.2, -0.15) is 4.99 Å². The summed E-state index contributed by atoms with van der Waals surface area (Å²) >= 11 is 0. The Bertz CT molecular complexity index is 1300. The number of fused-ring (bicyclic) bond motifs is 1. The molecule has 0 radical (unpaired) electrons. The monoisotopic (exact) mass is 494 g/mol. The lowest BCUT2D eigenvalue weighted by Crippen LogP contribution is -2.35. The van der Waals surface area contributed by atoms with E-state index in [1.807, 2.05) is 6.07 Å². The van der Waals surface area contributed by atoms with Crippen LogP contribution in [0.4, 0.5) is 4.39 Å². The average Bonchev–Trinajstić information content (AvgIpc) is 3.26. The molecule has 1 aliphatic heterocycles. The average molecular weight is 495 g/mol. The number of carbonyl (C=O) groups is 2. The number of aromatic amines is 1. The summed E-state index contributed by atoms with van der Waals surface area (Å²) in [6.45, 7) is 4.10. The van der Waals surface area contributed by atoms with Crippen LogP contribution in [-0.2, 0) is 20.8 Å². The van der Waals surface area contributed by atoms with E-state index in [9.17, 15) is 14.0 Å². The molecular formula is C27H31FN4O4. The van der Waals surface area contributed by atoms with Crippen molar-refractivity contribution < 1.29 is 23.5 Å². The summed E-state index contributed by atoms with van der Waals surface area (Å²) in [6.07, 6.45) is 2.99. The van der Waals surface area contributed by atoms with E-state index in [0.29, 0.717) is 11.2 Å². The van der Waals surface area contributed by atoms with Gasteiger partial charge in [-0.05, 0) is 67.6 Å². The molecule has 1 aromatic heterocycles. The van der Waals surface area contributed by atoms with Crippen molar-refractivity contribution in [1.29, 1.82) is 0 Å². The molecule has 1 N–H and O–H groups in total. The second kappa shape index (κ2) is 10.8. The largest absolute Gasteiger partial charge is 0.469 e. The van der Waals surface area contributed by atoms with Crippen molar-refractivity contribution in [1.82, 2.24) is 14.5 Å². The van der Waals surface area contributed by atoms with E-state index in [4.69, 9.17) is 9.47 Å². The number of carbonyl (C=O) groups excluding carboxylic acids is 2. The van der Waals surface area contributed by atoms with Crippen molar-refractivity contribution in [3.63, 3.8) is 0 Å². The second-order valence-corrected chi connectivity index (χ2v) is 9.51. The van der Waals surface area contributed by atoms with Crippen LogP contribution >= 0.6 is 0 Å². The highest BCUT2D eigenvalue weighted by Gasteiger charge is 2.29. The Morgan fingerprint density at radius 1 is 1.08 bits per heavy atom. The molecule has 9 heteroatoms. The van der Waals surface area contributed by atoms with Crippen molar-refractivity contribution in [2.75, 3.05) is 33.4 Å². The maximum atomic E-state index is 13.3. The molecule has 0 unspecified atom stereocenters. The third-order valence-electron chi connectivity index (χ3n) is 7.20. The zero-order chi connectivity index (χ0) is 25.1. The summed E-state index contributed by atoms with van der Waals surface area (Å²) in [6, 6.07) is 11.8. The van der Waals surface area contributed by atoms with E-state index in [0.717, 1.165) is 69.6 Å². The van der Waals surface area contributed by atoms with Crippen LogP contribution < -0.4 is 5.62 Å². The standard InChI is InChI=1S/C27H31FN4O4/c1-35-26(34)20-5-9-22(10-6-20)32-24-16-18(17-31-12-14-36-15-13-31)2-11-23(24)29-27(32)30-25(33)19-3-7-21(28)8-4-19/h2-4,7-8,11,16,20,22H,5-6,9-10,12-15,17H2,1H3,(H,29,30,33)/t20-,22+. The number of imidazole rings is 1. The first-order valence-electron chi connectivity index (χ1n) is 12.5. The molecule has 1 aliphatic carbocycles. The van der Waals surface area contributed by atoms with Crippen LogP contribution in [-0.4, -0.2) is 59.7 Å². The minimum absolute atomic E-state index is 0.0815. The van der Waals surface area contributed by atoms with E-state index >= 15 is 0 Å². The maximum Gasteiger partial charge on any atom is 0.308 e. The van der Waals surface area contributed by atoms with E-state index in [1.54, 1.807) is 0 Å². The third-order valence-corrected chi connectivity index (χ3v) is 7.20. The number of aromatic nitrogens is 2. The molecule has 0 bridgehead atoms. The van der Waals surface area contributed by atoms with E-state index < -0.39 is 11.7 Å². The lowest BCUT2D eigenvalue weighted by molar-refractivity contribution is -0.146. The van der Waals surface area contributed by atoms with Crippen LogP contribution in [0.15, 0.2) is 47.5 Å². The van der Waals surface area contributed by atoms with Gasteiger partial charge in [0, 0.05) is 31.2 Å². The highest BCUT2D eigenvalue weighted by atomic mass is 19.1. The molecule has 36 heavy (non-hydrogen) atoms. The normalized spacial score (nSPS) is 21.6. The highest BCUT2D eigenvalue weighted by molar-refractivity contribution is 5.94. The Morgan fingerprint density at radius 3 is 2.50 bits per heavy atom. The topological polar surface area (TPSA) is 88.9 Å². The van der Waals surface area contributed by atoms with Crippen LogP contribution in [0.5, 0.6) is 0 Å². The minimum Gasteiger partial charge on any atom is -0.469 e. The molecule has 5 rings (SSSR count). The Balaban J connectivity index is 1.51. The summed E-state index contributed by atoms with van der Waals surface area (Å²) in [4.78, 5) is 35.1. The number of esters is 1. The SMILES string of the molecule is COC(=O)[C@H]1CC[C@@H](n2/c(=N/C(=O)c3ccc(F)cc3)[nH]c3ccc(CN4CCOCC4)cc32)CC1. The fourth-order valence-electron chi connectivity index (χ4n) is 5.23. The molecule has 2 heterocycles. The summed E-state index contributed by atoms with van der Waals surface area (Å²) in [5, 5.41) is 0. The molecule has 0 atom stereocenters. The van der Waals surface area contributed by atoms with Gasteiger partial charge in [-0.25, -0.2) is 4.39 Å². The van der Waals surface area contributed by atoms with Gasteiger partial charge < -0.3 is 19.0 Å². The Morgan fingerprint density at radius 2 is 1.81 bits per heavy atom. The Kier molecular flexibility index (Phi) is 7.29. The number of nitrogens with one attached hydrogen (secondary N) is 1. The van der Waals surface area contributed by atoms with Crippen molar-refractivity contribution in [3.8, 4) is 0 Å². The van der Waals surface area contributed by atoms with Gasteiger partial charge in [0.2, 0.25) is 5.62 Å². The molecule has 2 fully saturated rings.